The Morgan fingerprint density at radius 1 is 1.12 bits per heavy atom. The number of amides is 2. The van der Waals surface area contributed by atoms with Gasteiger partial charge in [0.05, 0.1) is 10.6 Å². The molecule has 0 bridgehead atoms. The molecule has 1 aliphatic rings. The van der Waals surface area contributed by atoms with E-state index < -0.39 is 16.7 Å². The van der Waals surface area contributed by atoms with Crippen LogP contribution in [0.1, 0.15) is 56.2 Å². The van der Waals surface area contributed by atoms with Crippen LogP contribution >= 0.6 is 0 Å². The monoisotopic (exact) mass is 447 g/mol. The fourth-order valence-corrected chi connectivity index (χ4v) is 3.69. The first-order valence-electron chi connectivity index (χ1n) is 10.3. The summed E-state index contributed by atoms with van der Waals surface area (Å²) in [6.45, 7) is 3.63. The quantitative estimate of drug-likeness (QED) is 0.449. The molecule has 2 N–H and O–H groups in total. The standard InChI is InChI=1S/C23H21N5O5/c1-13-5-4-12-24-21(13)25-23(30)20-14(2)19-17(6-3-7-18(19)33-20)26-27-22(29)15-8-10-16(11-9-15)28(31)32/h4-5,8-12H,3,6-7H2,1-2H3,(H,27,29)(H,24,25,30)/b26-17+. The lowest BCUT2D eigenvalue weighted by Crippen LogP contribution is -2.22. The minimum absolute atomic E-state index is 0.101. The van der Waals surface area contributed by atoms with E-state index in [1.165, 1.54) is 24.3 Å². The van der Waals surface area contributed by atoms with Gasteiger partial charge in [-0.05, 0) is 50.5 Å². The van der Waals surface area contributed by atoms with Gasteiger partial charge in [-0.1, -0.05) is 6.07 Å². The highest BCUT2D eigenvalue weighted by molar-refractivity contribution is 6.09. The van der Waals surface area contributed by atoms with E-state index in [1.54, 1.807) is 19.2 Å². The summed E-state index contributed by atoms with van der Waals surface area (Å²) in [4.78, 5) is 39.7. The van der Waals surface area contributed by atoms with Gasteiger partial charge in [-0.15, -0.1) is 0 Å². The molecule has 10 nitrogen and oxygen atoms in total. The van der Waals surface area contributed by atoms with E-state index in [0.717, 1.165) is 12.0 Å². The highest BCUT2D eigenvalue weighted by Crippen LogP contribution is 2.30. The third-order valence-corrected chi connectivity index (χ3v) is 5.41. The Morgan fingerprint density at radius 3 is 2.58 bits per heavy atom. The predicted molar refractivity (Wildman–Crippen MR) is 120 cm³/mol. The minimum atomic E-state index is -0.532. The summed E-state index contributed by atoms with van der Waals surface area (Å²) < 4.78 is 5.87. The molecular weight excluding hydrogens is 426 g/mol. The van der Waals surface area contributed by atoms with Gasteiger partial charge in [0.25, 0.3) is 17.5 Å². The van der Waals surface area contributed by atoms with Crippen LogP contribution in [-0.2, 0) is 6.42 Å². The smallest absolute Gasteiger partial charge is 0.292 e. The summed E-state index contributed by atoms with van der Waals surface area (Å²) in [5, 5.41) is 17.8. The maximum atomic E-state index is 12.8. The fourth-order valence-electron chi connectivity index (χ4n) is 3.69. The van der Waals surface area contributed by atoms with Crippen molar-refractivity contribution in [3.8, 4) is 0 Å². The lowest BCUT2D eigenvalue weighted by Gasteiger charge is -2.13. The molecule has 168 valence electrons. The van der Waals surface area contributed by atoms with Crippen LogP contribution in [0.4, 0.5) is 11.5 Å². The Labute approximate surface area is 188 Å². The topological polar surface area (TPSA) is 140 Å². The molecule has 1 aliphatic carbocycles. The first-order valence-corrected chi connectivity index (χ1v) is 10.3. The van der Waals surface area contributed by atoms with Gasteiger partial charge in [0.15, 0.2) is 5.76 Å². The molecule has 0 aliphatic heterocycles. The Balaban J connectivity index is 1.55. The molecule has 2 amide bonds. The van der Waals surface area contributed by atoms with Gasteiger partial charge in [0.1, 0.15) is 11.6 Å². The molecule has 0 atom stereocenters. The van der Waals surface area contributed by atoms with Crippen LogP contribution in [0.15, 0.2) is 52.1 Å². The zero-order chi connectivity index (χ0) is 23.5. The molecule has 0 saturated carbocycles. The van der Waals surface area contributed by atoms with Crippen molar-refractivity contribution < 1.29 is 18.9 Å². The second-order valence-electron chi connectivity index (χ2n) is 7.63. The summed E-state index contributed by atoms with van der Waals surface area (Å²) in [7, 11) is 0. The van der Waals surface area contributed by atoms with Crippen LogP contribution < -0.4 is 10.7 Å². The van der Waals surface area contributed by atoms with Crippen molar-refractivity contribution in [1.82, 2.24) is 10.4 Å². The number of nitrogens with one attached hydrogen (secondary N) is 2. The Morgan fingerprint density at radius 2 is 1.88 bits per heavy atom. The van der Waals surface area contributed by atoms with Crippen molar-refractivity contribution in [3.63, 3.8) is 0 Å². The first-order chi connectivity index (χ1) is 15.8. The number of hydrogen-bond donors (Lipinski definition) is 2. The fraction of sp³-hybridized carbons (Fsp3) is 0.217. The molecule has 0 fully saturated rings. The third kappa shape index (κ3) is 4.49. The van der Waals surface area contributed by atoms with Crippen LogP contribution in [0.5, 0.6) is 0 Å². The average Bonchev–Trinajstić information content (AvgIpc) is 3.16. The number of non-ortho nitro benzene ring substituents is 1. The summed E-state index contributed by atoms with van der Waals surface area (Å²) in [6.07, 6.45) is 3.61. The number of fused-ring (bicyclic) bond motifs is 1. The maximum absolute atomic E-state index is 12.8. The number of furan rings is 1. The van der Waals surface area contributed by atoms with Crippen molar-refractivity contribution in [2.24, 2.45) is 5.10 Å². The Bertz CT molecular complexity index is 1280. The van der Waals surface area contributed by atoms with Crippen LogP contribution in [0, 0.1) is 24.0 Å². The van der Waals surface area contributed by atoms with E-state index in [0.29, 0.717) is 41.3 Å². The summed E-state index contributed by atoms with van der Waals surface area (Å²) in [6, 6.07) is 8.89. The van der Waals surface area contributed by atoms with E-state index >= 15 is 0 Å². The largest absolute Gasteiger partial charge is 0.455 e. The van der Waals surface area contributed by atoms with Crippen molar-refractivity contribution in [3.05, 3.63) is 86.5 Å². The molecule has 4 rings (SSSR count). The molecule has 0 saturated heterocycles. The SMILES string of the molecule is Cc1cccnc1NC(=O)c1oc2c(c1C)/C(=N/NC(=O)c1ccc([N+](=O)[O-])cc1)CCC2. The number of anilines is 1. The highest BCUT2D eigenvalue weighted by atomic mass is 16.6. The van der Waals surface area contributed by atoms with Gasteiger partial charge in [0.2, 0.25) is 0 Å². The Hall–Kier alpha value is -4.34. The van der Waals surface area contributed by atoms with Crippen LogP contribution in [0.3, 0.4) is 0 Å². The van der Waals surface area contributed by atoms with Gasteiger partial charge in [-0.2, -0.15) is 5.10 Å². The number of aryl methyl sites for hydroxylation is 2. The number of hydrazone groups is 1. The van der Waals surface area contributed by atoms with E-state index in [4.69, 9.17) is 4.42 Å². The van der Waals surface area contributed by atoms with Gasteiger partial charge in [-0.3, -0.25) is 19.7 Å². The number of pyridine rings is 1. The normalized spacial score (nSPS) is 13.9. The van der Waals surface area contributed by atoms with Crippen LogP contribution in [0.25, 0.3) is 0 Å². The number of aromatic nitrogens is 1. The number of nitrogens with zero attached hydrogens (tertiary/aromatic N) is 3. The van der Waals surface area contributed by atoms with Gasteiger partial charge >= 0.3 is 0 Å². The number of nitro groups is 1. The van der Waals surface area contributed by atoms with Crippen molar-refractivity contribution >= 4 is 29.0 Å². The minimum Gasteiger partial charge on any atom is -0.455 e. The highest BCUT2D eigenvalue weighted by Gasteiger charge is 2.28. The van der Waals surface area contributed by atoms with Gasteiger partial charge < -0.3 is 9.73 Å². The van der Waals surface area contributed by atoms with Gasteiger partial charge in [-0.25, -0.2) is 10.4 Å². The van der Waals surface area contributed by atoms with E-state index in [9.17, 15) is 19.7 Å². The summed E-state index contributed by atoms with van der Waals surface area (Å²) in [5.41, 5.74) is 5.44. The number of carbonyl (C=O) groups excluding carboxylic acids is 2. The van der Waals surface area contributed by atoms with Crippen LogP contribution in [0.2, 0.25) is 0 Å². The molecule has 0 unspecified atom stereocenters. The summed E-state index contributed by atoms with van der Waals surface area (Å²) >= 11 is 0. The molecular formula is C23H21N5O5. The molecule has 10 heteroatoms. The number of rotatable bonds is 5. The average molecular weight is 447 g/mol. The Kier molecular flexibility index (Phi) is 5.99. The molecule has 3 aromatic rings. The van der Waals surface area contributed by atoms with Crippen molar-refractivity contribution in [2.75, 3.05) is 5.32 Å². The van der Waals surface area contributed by atoms with Crippen molar-refractivity contribution in [2.45, 2.75) is 33.1 Å². The lowest BCUT2D eigenvalue weighted by atomic mass is 9.93. The zero-order valence-corrected chi connectivity index (χ0v) is 18.0. The van der Waals surface area contributed by atoms with Crippen molar-refractivity contribution in [1.29, 1.82) is 0 Å². The van der Waals surface area contributed by atoms with Crippen LogP contribution in [-0.4, -0.2) is 27.4 Å². The number of nitro benzene ring substituents is 1. The predicted octanol–water partition coefficient (Wildman–Crippen LogP) is 3.92. The second-order valence-corrected chi connectivity index (χ2v) is 7.63. The van der Waals surface area contributed by atoms with E-state index in [2.05, 4.69) is 20.8 Å². The molecule has 33 heavy (non-hydrogen) atoms. The molecule has 2 heterocycles. The number of hydrogen-bond acceptors (Lipinski definition) is 7. The first kappa shape index (κ1) is 21.9. The van der Waals surface area contributed by atoms with Gasteiger partial charge in [0, 0.05) is 41.4 Å². The molecule has 1 aromatic carbocycles. The number of benzene rings is 1. The van der Waals surface area contributed by atoms with E-state index in [-0.39, 0.29) is 17.0 Å². The number of carbonyl (C=O) groups is 2. The molecule has 0 radical (unpaired) electrons. The van der Waals surface area contributed by atoms with E-state index in [1.807, 2.05) is 13.0 Å². The third-order valence-electron chi connectivity index (χ3n) is 5.41. The molecule has 0 spiro atoms. The summed E-state index contributed by atoms with van der Waals surface area (Å²) in [5.74, 6) is 0.388. The maximum Gasteiger partial charge on any atom is 0.292 e. The second kappa shape index (κ2) is 9.03. The molecule has 2 aromatic heterocycles. The lowest BCUT2D eigenvalue weighted by molar-refractivity contribution is -0.384. The zero-order valence-electron chi connectivity index (χ0n) is 18.0.